The summed E-state index contributed by atoms with van der Waals surface area (Å²) in [6.45, 7) is 0. The molecule has 0 saturated carbocycles. The minimum atomic E-state index is 0.566. The van der Waals surface area contributed by atoms with Crippen molar-refractivity contribution >= 4 is 32.8 Å². The number of hydrogen-bond acceptors (Lipinski definition) is 5. The van der Waals surface area contributed by atoms with Crippen LogP contribution < -0.4 is 0 Å². The van der Waals surface area contributed by atoms with Crippen LogP contribution in [0.25, 0.3) is 67.0 Å². The largest absolute Gasteiger partial charge is 0.437 e. The van der Waals surface area contributed by atoms with Gasteiger partial charge < -0.3 is 4.42 Å². The summed E-state index contributed by atoms with van der Waals surface area (Å²) in [5.41, 5.74) is 4.11. The molecular formula is C30H18N4O. The number of pyridine rings is 1. The smallest absolute Gasteiger partial charge is 0.228 e. The first-order valence-corrected chi connectivity index (χ1v) is 11.4. The normalized spacial score (nSPS) is 11.4. The highest BCUT2D eigenvalue weighted by Gasteiger charge is 2.19. The Balaban J connectivity index is 1.53. The van der Waals surface area contributed by atoms with E-state index in [0.29, 0.717) is 23.2 Å². The Morgan fingerprint density at radius 3 is 1.86 bits per heavy atom. The molecule has 7 rings (SSSR count). The third kappa shape index (κ3) is 3.25. The van der Waals surface area contributed by atoms with Crippen molar-refractivity contribution in [2.45, 2.75) is 0 Å². The number of aromatic nitrogens is 4. The van der Waals surface area contributed by atoms with Gasteiger partial charge in [-0.3, -0.25) is 0 Å². The molecule has 0 spiro atoms. The second kappa shape index (κ2) is 7.85. The highest BCUT2D eigenvalue weighted by molar-refractivity contribution is 6.17. The van der Waals surface area contributed by atoms with Gasteiger partial charge in [-0.25, -0.2) is 19.9 Å². The summed E-state index contributed by atoms with van der Waals surface area (Å²) in [5, 5.41) is 4.07. The van der Waals surface area contributed by atoms with E-state index < -0.39 is 0 Å². The first-order valence-electron chi connectivity index (χ1n) is 11.4. The summed E-state index contributed by atoms with van der Waals surface area (Å²) in [6, 6.07) is 34.3. The molecule has 0 radical (unpaired) electrons. The lowest BCUT2D eigenvalue weighted by atomic mass is 10.0. The van der Waals surface area contributed by atoms with Crippen LogP contribution in [0, 0.1) is 0 Å². The van der Waals surface area contributed by atoms with Gasteiger partial charge >= 0.3 is 0 Å². The molecule has 3 heterocycles. The maximum atomic E-state index is 6.28. The zero-order chi connectivity index (χ0) is 23.2. The van der Waals surface area contributed by atoms with Crippen LogP contribution in [0.1, 0.15) is 0 Å². The summed E-state index contributed by atoms with van der Waals surface area (Å²) >= 11 is 0. The second-order valence-electron chi connectivity index (χ2n) is 8.34. The van der Waals surface area contributed by atoms with Gasteiger partial charge in [-0.1, -0.05) is 91.0 Å². The maximum absolute atomic E-state index is 6.28. The van der Waals surface area contributed by atoms with Crippen LogP contribution in [0.3, 0.4) is 0 Å². The van der Waals surface area contributed by atoms with Crippen LogP contribution in [0.5, 0.6) is 0 Å². The molecule has 0 aliphatic heterocycles. The molecule has 164 valence electrons. The summed E-state index contributed by atoms with van der Waals surface area (Å²) in [7, 11) is 0. The Kier molecular flexibility index (Phi) is 4.39. The maximum Gasteiger partial charge on any atom is 0.228 e. The van der Waals surface area contributed by atoms with Crippen molar-refractivity contribution in [3.63, 3.8) is 0 Å². The van der Waals surface area contributed by atoms with E-state index in [2.05, 4.69) is 29.2 Å². The molecule has 35 heavy (non-hydrogen) atoms. The number of hydrogen-bond donors (Lipinski definition) is 0. The molecule has 5 nitrogen and oxygen atoms in total. The van der Waals surface area contributed by atoms with Crippen LogP contribution in [0.2, 0.25) is 0 Å². The van der Waals surface area contributed by atoms with E-state index in [1.165, 1.54) is 0 Å². The summed E-state index contributed by atoms with van der Waals surface area (Å²) in [4.78, 5) is 19.2. The fraction of sp³-hybridized carbons (Fsp3) is 0. The Labute approximate surface area is 200 Å². The van der Waals surface area contributed by atoms with Gasteiger partial charge in [-0.05, 0) is 17.5 Å². The number of benzene rings is 4. The van der Waals surface area contributed by atoms with Crippen molar-refractivity contribution in [3.8, 4) is 34.2 Å². The van der Waals surface area contributed by atoms with Gasteiger partial charge in [0.1, 0.15) is 5.58 Å². The fourth-order valence-electron chi connectivity index (χ4n) is 4.54. The van der Waals surface area contributed by atoms with Gasteiger partial charge in [0.25, 0.3) is 0 Å². The van der Waals surface area contributed by atoms with Gasteiger partial charge in [-0.15, -0.1) is 0 Å². The van der Waals surface area contributed by atoms with Crippen molar-refractivity contribution in [3.05, 3.63) is 109 Å². The van der Waals surface area contributed by atoms with Gasteiger partial charge in [0.15, 0.2) is 17.5 Å². The first-order chi connectivity index (χ1) is 17.3. The van der Waals surface area contributed by atoms with Crippen LogP contribution in [0.4, 0.5) is 0 Å². The molecule has 0 N–H and O–H groups in total. The standard InChI is InChI=1S/C30H18N4O/c1-3-10-20(11-4-1)27-32-28(21-12-5-2-6-13-21)34-29(33-27)24-17-18-31-30-25(24)23-16-15-19-9-7-8-14-22(19)26(23)35-30/h1-18H. The predicted molar refractivity (Wildman–Crippen MR) is 139 cm³/mol. The molecule has 0 aliphatic rings. The van der Waals surface area contributed by atoms with Crippen molar-refractivity contribution in [1.29, 1.82) is 0 Å². The van der Waals surface area contributed by atoms with Gasteiger partial charge in [0.05, 0.1) is 5.39 Å². The zero-order valence-corrected chi connectivity index (χ0v) is 18.6. The number of rotatable bonds is 3. The van der Waals surface area contributed by atoms with E-state index in [-0.39, 0.29) is 0 Å². The SMILES string of the molecule is c1ccc(-c2nc(-c3ccccc3)nc(-c3ccnc4oc5c6ccccc6ccc5c34)n2)cc1. The van der Waals surface area contributed by atoms with Crippen LogP contribution in [-0.4, -0.2) is 19.9 Å². The second-order valence-corrected chi connectivity index (χ2v) is 8.34. The highest BCUT2D eigenvalue weighted by atomic mass is 16.3. The van der Waals surface area contributed by atoms with Crippen molar-refractivity contribution < 1.29 is 4.42 Å². The van der Waals surface area contributed by atoms with E-state index in [0.717, 1.165) is 43.8 Å². The topological polar surface area (TPSA) is 64.7 Å². The third-order valence-electron chi connectivity index (χ3n) is 6.20. The minimum absolute atomic E-state index is 0.566. The Morgan fingerprint density at radius 1 is 0.514 bits per heavy atom. The summed E-state index contributed by atoms with van der Waals surface area (Å²) in [5.74, 6) is 1.83. The number of fused-ring (bicyclic) bond motifs is 5. The van der Waals surface area contributed by atoms with Gasteiger partial charge in [0.2, 0.25) is 5.71 Å². The molecule has 0 amide bonds. The minimum Gasteiger partial charge on any atom is -0.437 e. The van der Waals surface area contributed by atoms with E-state index in [9.17, 15) is 0 Å². The lowest BCUT2D eigenvalue weighted by Gasteiger charge is -2.09. The quantitative estimate of drug-likeness (QED) is 0.282. The van der Waals surface area contributed by atoms with Crippen molar-refractivity contribution in [2.24, 2.45) is 0 Å². The van der Waals surface area contributed by atoms with Crippen LogP contribution >= 0.6 is 0 Å². The zero-order valence-electron chi connectivity index (χ0n) is 18.6. The average Bonchev–Trinajstić information content (AvgIpc) is 3.33. The molecule has 3 aromatic heterocycles. The molecule has 7 aromatic rings. The molecule has 0 bridgehead atoms. The Morgan fingerprint density at radius 2 is 1.14 bits per heavy atom. The molecule has 0 aliphatic carbocycles. The molecule has 0 atom stereocenters. The summed E-state index contributed by atoms with van der Waals surface area (Å²) in [6.07, 6.45) is 1.75. The third-order valence-corrected chi connectivity index (χ3v) is 6.20. The molecule has 0 fully saturated rings. The number of furan rings is 1. The van der Waals surface area contributed by atoms with E-state index >= 15 is 0 Å². The van der Waals surface area contributed by atoms with E-state index in [1.54, 1.807) is 6.20 Å². The fourth-order valence-corrected chi connectivity index (χ4v) is 4.54. The molecule has 0 unspecified atom stereocenters. The number of nitrogens with zero attached hydrogens (tertiary/aromatic N) is 4. The van der Waals surface area contributed by atoms with E-state index in [1.807, 2.05) is 78.9 Å². The monoisotopic (exact) mass is 450 g/mol. The van der Waals surface area contributed by atoms with Gasteiger partial charge in [0, 0.05) is 33.7 Å². The molecule has 5 heteroatoms. The average molecular weight is 451 g/mol. The van der Waals surface area contributed by atoms with Crippen molar-refractivity contribution in [2.75, 3.05) is 0 Å². The lowest BCUT2D eigenvalue weighted by Crippen LogP contribution is -2.00. The van der Waals surface area contributed by atoms with E-state index in [4.69, 9.17) is 19.4 Å². The lowest BCUT2D eigenvalue weighted by molar-refractivity contribution is 0.657. The van der Waals surface area contributed by atoms with Crippen molar-refractivity contribution in [1.82, 2.24) is 19.9 Å². The first kappa shape index (κ1) is 19.6. The van der Waals surface area contributed by atoms with Crippen LogP contribution in [-0.2, 0) is 0 Å². The summed E-state index contributed by atoms with van der Waals surface area (Å²) < 4.78 is 6.28. The molecule has 0 saturated heterocycles. The Hall–Kier alpha value is -4.90. The highest BCUT2D eigenvalue weighted by Crippen LogP contribution is 2.38. The Bertz CT molecular complexity index is 1790. The molecule has 4 aromatic carbocycles. The van der Waals surface area contributed by atoms with Gasteiger partial charge in [-0.2, -0.15) is 0 Å². The predicted octanol–water partition coefficient (Wildman–Crippen LogP) is 7.32. The van der Waals surface area contributed by atoms with Crippen LogP contribution in [0.15, 0.2) is 114 Å². The molecular weight excluding hydrogens is 432 g/mol.